The third kappa shape index (κ3) is 2.31. The van der Waals surface area contributed by atoms with Crippen LogP contribution in [0.15, 0.2) is 18.2 Å². The lowest BCUT2D eigenvalue weighted by atomic mass is 9.89. The molecule has 0 heterocycles. The van der Waals surface area contributed by atoms with E-state index in [2.05, 4.69) is 30.7 Å². The summed E-state index contributed by atoms with van der Waals surface area (Å²) >= 11 is 0. The molecule has 0 heteroatoms. The summed E-state index contributed by atoms with van der Waals surface area (Å²) in [4.78, 5) is 0. The second-order valence-electron chi connectivity index (χ2n) is 5.35. The van der Waals surface area contributed by atoms with E-state index in [1.165, 1.54) is 62.5 Å². The third-order valence-electron chi connectivity index (χ3n) is 4.15. The molecule has 0 saturated heterocycles. The van der Waals surface area contributed by atoms with E-state index >= 15 is 0 Å². The Bertz CT molecular complexity index is 426. The van der Waals surface area contributed by atoms with Crippen molar-refractivity contribution >= 4 is 6.08 Å². The van der Waals surface area contributed by atoms with Crippen molar-refractivity contribution in [1.29, 1.82) is 0 Å². The molecule has 0 bridgehead atoms. The van der Waals surface area contributed by atoms with Gasteiger partial charge in [0.25, 0.3) is 0 Å². The van der Waals surface area contributed by atoms with Crippen molar-refractivity contribution in [1.82, 2.24) is 0 Å². The van der Waals surface area contributed by atoms with Gasteiger partial charge in [0.1, 0.15) is 0 Å². The van der Waals surface area contributed by atoms with E-state index in [0.29, 0.717) is 0 Å². The van der Waals surface area contributed by atoms with E-state index in [4.69, 9.17) is 0 Å². The highest BCUT2D eigenvalue weighted by atomic mass is 14.2. The van der Waals surface area contributed by atoms with Gasteiger partial charge in [0.15, 0.2) is 0 Å². The zero-order valence-corrected chi connectivity index (χ0v) is 10.5. The number of rotatable bonds is 0. The second kappa shape index (κ2) is 5.08. The quantitative estimate of drug-likeness (QED) is 0.600. The van der Waals surface area contributed by atoms with Gasteiger partial charge in [-0.1, -0.05) is 50.0 Å². The molecule has 2 aliphatic rings. The summed E-state index contributed by atoms with van der Waals surface area (Å²) in [6.07, 6.45) is 17.8. The Hall–Kier alpha value is -1.04. The minimum Gasteiger partial charge on any atom is -0.0754 e. The van der Waals surface area contributed by atoms with Gasteiger partial charge in [-0.3, -0.25) is 0 Å². The molecule has 1 aromatic carbocycles. The number of hydrogen-bond donors (Lipinski definition) is 0. The van der Waals surface area contributed by atoms with E-state index < -0.39 is 0 Å². The Balaban J connectivity index is 1.94. The van der Waals surface area contributed by atoms with E-state index in [0.717, 1.165) is 0 Å². The molecule has 0 N–H and O–H groups in total. The molecule has 0 atom stereocenters. The lowest BCUT2D eigenvalue weighted by Crippen LogP contribution is -2.01. The topological polar surface area (TPSA) is 0 Å². The first kappa shape index (κ1) is 11.1. The molecule has 1 aromatic rings. The van der Waals surface area contributed by atoms with Crippen molar-refractivity contribution in [3.63, 3.8) is 0 Å². The molecule has 0 unspecified atom stereocenters. The Morgan fingerprint density at radius 3 is 2.41 bits per heavy atom. The Morgan fingerprint density at radius 2 is 1.53 bits per heavy atom. The molecule has 17 heavy (non-hydrogen) atoms. The van der Waals surface area contributed by atoms with E-state index in [-0.39, 0.29) is 0 Å². The molecule has 89 valence electrons. The molecule has 0 nitrogen and oxygen atoms in total. The van der Waals surface area contributed by atoms with Gasteiger partial charge in [0.2, 0.25) is 0 Å². The first-order chi connectivity index (χ1) is 8.45. The maximum absolute atomic E-state index is 2.37. The normalized spacial score (nSPS) is 19.8. The van der Waals surface area contributed by atoms with Crippen molar-refractivity contribution in [2.75, 3.05) is 0 Å². The van der Waals surface area contributed by atoms with Crippen LogP contribution in [0.25, 0.3) is 6.08 Å². The van der Waals surface area contributed by atoms with Crippen molar-refractivity contribution in [3.05, 3.63) is 46.9 Å². The van der Waals surface area contributed by atoms with Crippen LogP contribution in [0.5, 0.6) is 0 Å². The maximum atomic E-state index is 2.37. The molecule has 0 aliphatic heterocycles. The van der Waals surface area contributed by atoms with Gasteiger partial charge in [0, 0.05) is 6.42 Å². The van der Waals surface area contributed by atoms with Crippen LogP contribution in [0.3, 0.4) is 0 Å². The molecule has 0 spiro atoms. The van der Waals surface area contributed by atoms with E-state index in [9.17, 15) is 0 Å². The molecule has 2 aliphatic carbocycles. The van der Waals surface area contributed by atoms with Crippen LogP contribution in [0.2, 0.25) is 0 Å². The van der Waals surface area contributed by atoms with Crippen molar-refractivity contribution in [2.45, 2.75) is 51.4 Å². The highest BCUT2D eigenvalue weighted by molar-refractivity contribution is 5.69. The summed E-state index contributed by atoms with van der Waals surface area (Å²) in [5.74, 6) is 0. The fraction of sp³-hybridized carbons (Fsp3) is 0.471. The van der Waals surface area contributed by atoms with Gasteiger partial charge in [-0.05, 0) is 47.9 Å². The van der Waals surface area contributed by atoms with E-state index in [1.807, 2.05) is 0 Å². The van der Waals surface area contributed by atoms with Gasteiger partial charge in [-0.25, -0.2) is 0 Å². The lowest BCUT2D eigenvalue weighted by Gasteiger charge is -2.16. The van der Waals surface area contributed by atoms with Gasteiger partial charge in [-0.15, -0.1) is 0 Å². The summed E-state index contributed by atoms with van der Waals surface area (Å²) in [5.41, 5.74) is 6.21. The van der Waals surface area contributed by atoms with Gasteiger partial charge in [-0.2, -0.15) is 0 Å². The fourth-order valence-electron chi connectivity index (χ4n) is 3.17. The van der Waals surface area contributed by atoms with Gasteiger partial charge in [0.05, 0.1) is 0 Å². The summed E-state index contributed by atoms with van der Waals surface area (Å²) in [6.45, 7) is 0. The SMILES string of the molecule is [CH]1C=Cc2c1ccc1c2CCCCCCCC1. The predicted octanol–water partition coefficient (Wildman–Crippen LogP) is 4.70. The summed E-state index contributed by atoms with van der Waals surface area (Å²) < 4.78 is 0. The van der Waals surface area contributed by atoms with Crippen LogP contribution in [0.4, 0.5) is 0 Å². The number of hydrogen-bond acceptors (Lipinski definition) is 0. The minimum atomic E-state index is 1.29. The first-order valence-electron chi connectivity index (χ1n) is 7.11. The van der Waals surface area contributed by atoms with Crippen LogP contribution >= 0.6 is 0 Å². The first-order valence-corrected chi connectivity index (χ1v) is 7.11. The molecule has 0 amide bonds. The second-order valence-corrected chi connectivity index (χ2v) is 5.35. The summed E-state index contributed by atoms with van der Waals surface area (Å²) in [5, 5.41) is 0. The van der Waals surface area contributed by atoms with Crippen molar-refractivity contribution in [3.8, 4) is 0 Å². The Morgan fingerprint density at radius 1 is 0.765 bits per heavy atom. The van der Waals surface area contributed by atoms with Crippen LogP contribution in [0, 0.1) is 6.42 Å². The van der Waals surface area contributed by atoms with Crippen molar-refractivity contribution in [2.24, 2.45) is 0 Å². The molecule has 3 rings (SSSR count). The number of fused-ring (bicyclic) bond motifs is 3. The average Bonchev–Trinajstić information content (AvgIpc) is 2.83. The Labute approximate surface area is 105 Å². The van der Waals surface area contributed by atoms with E-state index in [1.54, 1.807) is 11.1 Å². The standard InChI is InChI=1S/C17H21/c1-2-4-6-10-16-14(8-5-3-1)12-13-15-9-7-11-17(15)16/h7,9,11-13H,1-6,8,10H2. The monoisotopic (exact) mass is 225 g/mol. The lowest BCUT2D eigenvalue weighted by molar-refractivity contribution is 0.580. The highest BCUT2D eigenvalue weighted by Crippen LogP contribution is 2.30. The number of benzene rings is 1. The summed E-state index contributed by atoms with van der Waals surface area (Å²) in [6, 6.07) is 4.68. The van der Waals surface area contributed by atoms with Crippen LogP contribution in [-0.2, 0) is 12.8 Å². The minimum absolute atomic E-state index is 1.29. The molecular weight excluding hydrogens is 204 g/mol. The largest absolute Gasteiger partial charge is 0.0754 e. The van der Waals surface area contributed by atoms with Crippen LogP contribution in [-0.4, -0.2) is 0 Å². The predicted molar refractivity (Wildman–Crippen MR) is 74.0 cm³/mol. The molecule has 0 aromatic heterocycles. The maximum Gasteiger partial charge on any atom is 0.0131 e. The molecular formula is C17H21. The molecule has 0 fully saturated rings. The van der Waals surface area contributed by atoms with Gasteiger partial charge >= 0.3 is 0 Å². The van der Waals surface area contributed by atoms with Gasteiger partial charge < -0.3 is 0 Å². The van der Waals surface area contributed by atoms with Crippen LogP contribution < -0.4 is 0 Å². The summed E-state index contributed by atoms with van der Waals surface area (Å²) in [7, 11) is 0. The van der Waals surface area contributed by atoms with Crippen LogP contribution in [0.1, 0.15) is 60.8 Å². The number of allylic oxidation sites excluding steroid dienone is 1. The van der Waals surface area contributed by atoms with Crippen molar-refractivity contribution < 1.29 is 0 Å². The Kier molecular flexibility index (Phi) is 3.31. The highest BCUT2D eigenvalue weighted by Gasteiger charge is 2.14. The molecule has 0 saturated carbocycles. The zero-order chi connectivity index (χ0) is 11.5. The molecule has 1 radical (unpaired) electrons. The number of aryl methyl sites for hydroxylation is 1. The average molecular weight is 225 g/mol. The zero-order valence-electron chi connectivity index (χ0n) is 10.5. The smallest absolute Gasteiger partial charge is 0.0131 e. The fourth-order valence-corrected chi connectivity index (χ4v) is 3.17. The third-order valence-corrected chi connectivity index (χ3v) is 4.15.